The van der Waals surface area contributed by atoms with Crippen LogP contribution in [0.25, 0.3) is 0 Å². The molecule has 3 N–H and O–H groups in total. The minimum absolute atomic E-state index is 0.0759. The summed E-state index contributed by atoms with van der Waals surface area (Å²) in [7, 11) is -9.98. The van der Waals surface area contributed by atoms with Crippen LogP contribution >= 0.6 is 15.6 Å². The molecule has 0 amide bonds. The molecule has 0 aliphatic heterocycles. The number of ether oxygens (including phenoxy) is 4. The maximum atomic E-state index is 13.1. The summed E-state index contributed by atoms with van der Waals surface area (Å²) >= 11 is 0. The van der Waals surface area contributed by atoms with Crippen LogP contribution in [-0.2, 0) is 65.4 Å². The van der Waals surface area contributed by atoms with Gasteiger partial charge >= 0.3 is 39.5 Å². The molecule has 0 heterocycles. The van der Waals surface area contributed by atoms with Gasteiger partial charge in [0.05, 0.1) is 26.4 Å². The Labute approximate surface area is 644 Å². The topological polar surface area (TPSA) is 237 Å². The van der Waals surface area contributed by atoms with Gasteiger partial charge in [-0.15, -0.1) is 0 Å². The number of carbonyl (C=O) groups is 4. The number of carbonyl (C=O) groups excluding carboxylic acids is 4. The molecule has 0 aromatic carbocycles. The molecule has 19 heteroatoms. The van der Waals surface area contributed by atoms with Crippen molar-refractivity contribution in [3.63, 3.8) is 0 Å². The Morgan fingerprint density at radius 1 is 0.274 bits per heavy atom. The van der Waals surface area contributed by atoms with Crippen LogP contribution in [0.1, 0.15) is 349 Å². The SMILES string of the molecule is CC/C=C\C/C=C\C/C=C\C/C=C\C/C=C\CCCCCC(=O)OCC(COP(=O)(O)OCC(O)COP(=O)(O)OCC(COC(=O)CCCCCCCCC/C=C\C/C=C\C/C=C\CC)OC(=O)CCCCCCC/C=C\CCCCCCCC)OC(=O)CCCCCCC/C=C\CCCCCCCC. The first-order chi connectivity index (χ1) is 51.7. The minimum atomic E-state index is -4.99. The highest BCUT2D eigenvalue weighted by Crippen LogP contribution is 2.45. The van der Waals surface area contributed by atoms with Crippen molar-refractivity contribution < 1.29 is 80.2 Å². The van der Waals surface area contributed by atoms with Gasteiger partial charge < -0.3 is 33.8 Å². The number of aliphatic hydroxyl groups excluding tert-OH is 1. The quantitative estimate of drug-likeness (QED) is 0.0169. The van der Waals surface area contributed by atoms with E-state index in [4.69, 9.17) is 37.0 Å². The lowest BCUT2D eigenvalue weighted by molar-refractivity contribution is -0.161. The Balaban J connectivity index is 5.40. The second-order valence-electron chi connectivity index (χ2n) is 27.6. The zero-order valence-corrected chi connectivity index (χ0v) is 68.6. The maximum Gasteiger partial charge on any atom is 0.472 e. The number of phosphoric ester groups is 2. The second-order valence-corrected chi connectivity index (χ2v) is 30.6. The normalized spacial score (nSPS) is 14.4. The number of allylic oxidation sites excluding steroid dienone is 20. The average molecular weight is 1530 g/mol. The molecule has 5 unspecified atom stereocenters. The number of rotatable bonds is 78. The third kappa shape index (κ3) is 77.6. The molecular formula is C87H150O17P2. The van der Waals surface area contributed by atoms with Crippen LogP contribution < -0.4 is 0 Å². The molecule has 0 rings (SSSR count). The molecule has 0 aromatic heterocycles. The molecule has 0 aliphatic rings. The third-order valence-electron chi connectivity index (χ3n) is 17.4. The lowest BCUT2D eigenvalue weighted by Gasteiger charge is -2.21. The molecule has 0 saturated carbocycles. The lowest BCUT2D eigenvalue weighted by Crippen LogP contribution is -2.30. The zero-order chi connectivity index (χ0) is 77.4. The molecule has 0 saturated heterocycles. The van der Waals surface area contributed by atoms with Crippen molar-refractivity contribution in [2.45, 2.75) is 367 Å². The van der Waals surface area contributed by atoms with Crippen molar-refractivity contribution in [2.24, 2.45) is 0 Å². The van der Waals surface area contributed by atoms with E-state index in [0.717, 1.165) is 193 Å². The lowest BCUT2D eigenvalue weighted by atomic mass is 10.1. The van der Waals surface area contributed by atoms with Gasteiger partial charge in [0, 0.05) is 25.7 Å². The highest BCUT2D eigenvalue weighted by molar-refractivity contribution is 7.47. The first-order valence-electron chi connectivity index (χ1n) is 41.8. The van der Waals surface area contributed by atoms with Crippen molar-refractivity contribution in [3.8, 4) is 0 Å². The van der Waals surface area contributed by atoms with Gasteiger partial charge in [-0.2, -0.15) is 0 Å². The molecule has 106 heavy (non-hydrogen) atoms. The first kappa shape index (κ1) is 101. The average Bonchev–Trinajstić information content (AvgIpc) is 0.909. The minimum Gasteiger partial charge on any atom is -0.462 e. The number of unbranched alkanes of at least 4 members (excludes halogenated alkanes) is 32. The van der Waals surface area contributed by atoms with E-state index >= 15 is 0 Å². The van der Waals surface area contributed by atoms with E-state index in [0.29, 0.717) is 25.7 Å². The van der Waals surface area contributed by atoms with Gasteiger partial charge in [-0.1, -0.05) is 290 Å². The highest BCUT2D eigenvalue weighted by Gasteiger charge is 2.30. The predicted molar refractivity (Wildman–Crippen MR) is 436 cm³/mol. The molecular weight excluding hydrogens is 1380 g/mol. The summed E-state index contributed by atoms with van der Waals surface area (Å²) in [5, 5.41) is 10.7. The van der Waals surface area contributed by atoms with Crippen LogP contribution in [0.15, 0.2) is 122 Å². The molecule has 5 atom stereocenters. The summed E-state index contributed by atoms with van der Waals surface area (Å²) in [6.07, 6.45) is 87.3. The third-order valence-corrected chi connectivity index (χ3v) is 19.3. The molecule has 17 nitrogen and oxygen atoms in total. The molecule has 0 bridgehead atoms. The molecule has 0 fully saturated rings. The zero-order valence-electron chi connectivity index (χ0n) is 66.8. The summed E-state index contributed by atoms with van der Waals surface area (Å²) < 4.78 is 68.7. The summed E-state index contributed by atoms with van der Waals surface area (Å²) in [5.41, 5.74) is 0. The molecule has 610 valence electrons. The van der Waals surface area contributed by atoms with Crippen LogP contribution in [0.3, 0.4) is 0 Å². The fourth-order valence-electron chi connectivity index (χ4n) is 11.1. The van der Waals surface area contributed by atoms with E-state index in [9.17, 15) is 43.2 Å². The van der Waals surface area contributed by atoms with Gasteiger partial charge in [0.15, 0.2) is 12.2 Å². The van der Waals surface area contributed by atoms with Crippen molar-refractivity contribution >= 4 is 39.5 Å². The van der Waals surface area contributed by atoms with Crippen molar-refractivity contribution in [1.29, 1.82) is 0 Å². The van der Waals surface area contributed by atoms with Crippen molar-refractivity contribution in [2.75, 3.05) is 39.6 Å². The van der Waals surface area contributed by atoms with E-state index in [2.05, 4.69) is 149 Å². The van der Waals surface area contributed by atoms with Gasteiger partial charge in [0.1, 0.15) is 19.3 Å². The van der Waals surface area contributed by atoms with E-state index in [-0.39, 0.29) is 25.7 Å². The smallest absolute Gasteiger partial charge is 0.462 e. The first-order valence-corrected chi connectivity index (χ1v) is 44.8. The highest BCUT2D eigenvalue weighted by atomic mass is 31.2. The van der Waals surface area contributed by atoms with Gasteiger partial charge in [0.25, 0.3) is 0 Å². The van der Waals surface area contributed by atoms with Crippen molar-refractivity contribution in [1.82, 2.24) is 0 Å². The van der Waals surface area contributed by atoms with Crippen LogP contribution in [0.4, 0.5) is 0 Å². The Hall–Kier alpha value is -4.54. The summed E-state index contributed by atoms with van der Waals surface area (Å²) in [6, 6.07) is 0. The predicted octanol–water partition coefficient (Wildman–Crippen LogP) is 24.7. The summed E-state index contributed by atoms with van der Waals surface area (Å²) in [5.74, 6) is -2.23. The fourth-order valence-corrected chi connectivity index (χ4v) is 12.7. The Bertz CT molecular complexity index is 2480. The van der Waals surface area contributed by atoms with Gasteiger partial charge in [-0.3, -0.25) is 37.3 Å². The van der Waals surface area contributed by atoms with E-state index in [1.165, 1.54) is 77.0 Å². The van der Waals surface area contributed by atoms with Crippen LogP contribution in [0.2, 0.25) is 0 Å². The van der Waals surface area contributed by atoms with Gasteiger partial charge in [0.2, 0.25) is 0 Å². The molecule has 0 spiro atoms. The number of esters is 4. The monoisotopic (exact) mass is 1530 g/mol. The largest absolute Gasteiger partial charge is 0.472 e. The Kier molecular flexibility index (Phi) is 75.2. The second kappa shape index (κ2) is 78.6. The number of aliphatic hydroxyl groups is 1. The van der Waals surface area contributed by atoms with Crippen LogP contribution in [0.5, 0.6) is 0 Å². The van der Waals surface area contributed by atoms with Gasteiger partial charge in [-0.05, 0) is 154 Å². The molecule has 0 radical (unpaired) electrons. The Morgan fingerprint density at radius 2 is 0.491 bits per heavy atom. The maximum absolute atomic E-state index is 13.1. The molecule has 0 aliphatic carbocycles. The Morgan fingerprint density at radius 3 is 0.774 bits per heavy atom. The molecule has 0 aromatic rings. The fraction of sp³-hybridized carbons (Fsp3) is 0.724. The summed E-state index contributed by atoms with van der Waals surface area (Å²) in [6.45, 7) is 4.62. The van der Waals surface area contributed by atoms with E-state index in [1.54, 1.807) is 0 Å². The standard InChI is InChI=1S/C87H150O17P2/c1-5-9-13-17-21-25-29-33-37-39-40-42-46-48-52-56-60-64-68-72-85(90)98-78-83(104-87(92)74-70-66-62-58-54-50-44-36-32-28-24-20-16-12-8-4)80-102-106(95,96)100-76-81(88)75-99-105(93,94)101-79-82(103-86(91)73-69-65-61-57-53-49-43-35-31-27-23-19-15-11-7-3)77-97-84(89)71-67-63-59-55-51-47-45-41-38-34-30-26-22-18-14-10-6-2/h9-10,13-14,21-22,25-26,33-38,40,42-44,48,52,81-83,88H,5-8,11-12,15-20,23-24,27-32,39,41,45-47,49-51,53-80H2,1-4H3,(H,93,94)(H,95,96)/b13-9-,14-10-,25-21-,26-22-,37-33-,38-34-,42-40-,43-35-,44-36-,52-48-. The van der Waals surface area contributed by atoms with Crippen molar-refractivity contribution in [3.05, 3.63) is 122 Å². The van der Waals surface area contributed by atoms with E-state index in [1.807, 2.05) is 0 Å². The number of hydrogen-bond acceptors (Lipinski definition) is 15. The van der Waals surface area contributed by atoms with Gasteiger partial charge in [-0.25, -0.2) is 9.13 Å². The van der Waals surface area contributed by atoms with Crippen LogP contribution in [-0.4, -0.2) is 96.7 Å². The number of hydrogen-bond donors (Lipinski definition) is 3. The van der Waals surface area contributed by atoms with E-state index < -0.39 is 97.5 Å². The summed E-state index contributed by atoms with van der Waals surface area (Å²) in [4.78, 5) is 73.2. The van der Waals surface area contributed by atoms with Crippen LogP contribution in [0, 0.1) is 0 Å². The number of phosphoric acid groups is 2.